The minimum absolute atomic E-state index is 0.0131. The largest absolute Gasteiger partial charge is 0.289 e. The molecule has 20 heavy (non-hydrogen) atoms. The van der Waals surface area contributed by atoms with Crippen LogP contribution in [-0.2, 0) is 0 Å². The second-order valence-electron chi connectivity index (χ2n) is 4.70. The quantitative estimate of drug-likeness (QED) is 0.670. The van der Waals surface area contributed by atoms with Crippen LogP contribution in [0.5, 0.6) is 0 Å². The first-order valence-electron chi connectivity index (χ1n) is 6.41. The van der Waals surface area contributed by atoms with Crippen LogP contribution in [0.4, 0.5) is 0 Å². The highest BCUT2D eigenvalue weighted by Crippen LogP contribution is 2.28. The second-order valence-corrected chi connectivity index (χ2v) is 4.70. The second kappa shape index (κ2) is 4.10. The number of hydrogen-bond donors (Lipinski definition) is 0. The van der Waals surface area contributed by atoms with Gasteiger partial charge in [-0.1, -0.05) is 42.5 Å². The smallest absolute Gasteiger partial charge is 0.186 e. The van der Waals surface area contributed by atoms with Gasteiger partial charge in [-0.05, 0) is 18.2 Å². The Hall–Kier alpha value is -2.81. The molecule has 0 amide bonds. The number of aromatic nitrogens is 2. The number of nitrogens with zero attached hydrogens (tertiary/aromatic N) is 2. The maximum Gasteiger partial charge on any atom is 0.186 e. The van der Waals surface area contributed by atoms with Crippen molar-refractivity contribution in [2.24, 2.45) is 0 Å². The molecule has 0 atom stereocenters. The Morgan fingerprint density at radius 3 is 2.50 bits per heavy atom. The summed E-state index contributed by atoms with van der Waals surface area (Å²) in [6.07, 6.45) is 3.34. The summed E-state index contributed by atoms with van der Waals surface area (Å²) < 4.78 is 0. The zero-order valence-corrected chi connectivity index (χ0v) is 10.6. The van der Waals surface area contributed by atoms with Crippen molar-refractivity contribution in [3.63, 3.8) is 0 Å². The van der Waals surface area contributed by atoms with Gasteiger partial charge in [-0.3, -0.25) is 4.79 Å². The predicted octanol–water partition coefficient (Wildman–Crippen LogP) is 3.51. The van der Waals surface area contributed by atoms with Gasteiger partial charge < -0.3 is 0 Å². The van der Waals surface area contributed by atoms with E-state index >= 15 is 0 Å². The Kier molecular flexibility index (Phi) is 2.27. The fourth-order valence-corrected chi connectivity index (χ4v) is 2.50. The van der Waals surface area contributed by atoms with Gasteiger partial charge in [0.2, 0.25) is 0 Å². The topological polar surface area (TPSA) is 42.9 Å². The molecular weight excluding hydrogens is 248 g/mol. The van der Waals surface area contributed by atoms with Crippen molar-refractivity contribution in [2.45, 2.75) is 0 Å². The lowest BCUT2D eigenvalue weighted by Gasteiger charge is -2.12. The van der Waals surface area contributed by atoms with E-state index in [4.69, 9.17) is 0 Å². The van der Waals surface area contributed by atoms with Crippen LogP contribution in [0, 0.1) is 0 Å². The van der Waals surface area contributed by atoms with Crippen molar-refractivity contribution < 1.29 is 4.79 Å². The first-order chi connectivity index (χ1) is 9.83. The molecule has 3 heteroatoms. The lowest BCUT2D eigenvalue weighted by atomic mass is 9.98. The summed E-state index contributed by atoms with van der Waals surface area (Å²) in [5.74, 6) is 0.698. The van der Waals surface area contributed by atoms with Crippen molar-refractivity contribution in [3.05, 3.63) is 65.9 Å². The van der Waals surface area contributed by atoms with Crippen LogP contribution in [0.2, 0.25) is 0 Å². The van der Waals surface area contributed by atoms with Gasteiger partial charge in [0.15, 0.2) is 11.6 Å². The third kappa shape index (κ3) is 1.57. The molecule has 1 heterocycles. The van der Waals surface area contributed by atoms with Gasteiger partial charge in [-0.15, -0.1) is 0 Å². The van der Waals surface area contributed by atoms with Gasteiger partial charge in [-0.25, -0.2) is 9.97 Å². The zero-order valence-electron chi connectivity index (χ0n) is 10.6. The third-order valence-electron chi connectivity index (χ3n) is 3.44. The van der Waals surface area contributed by atoms with Crippen molar-refractivity contribution >= 4 is 22.8 Å². The van der Waals surface area contributed by atoms with Crippen LogP contribution < -0.4 is 0 Å². The summed E-state index contributed by atoms with van der Waals surface area (Å²) in [5, 5.41) is 0.847. The van der Waals surface area contributed by atoms with Gasteiger partial charge in [-0.2, -0.15) is 0 Å². The molecule has 0 bridgehead atoms. The van der Waals surface area contributed by atoms with Crippen molar-refractivity contribution in [1.29, 1.82) is 0 Å². The molecule has 0 N–H and O–H groups in total. The summed E-state index contributed by atoms with van der Waals surface area (Å²) in [7, 11) is 0. The van der Waals surface area contributed by atoms with Gasteiger partial charge in [0.25, 0.3) is 0 Å². The van der Waals surface area contributed by atoms with E-state index in [9.17, 15) is 4.79 Å². The summed E-state index contributed by atoms with van der Waals surface area (Å²) >= 11 is 0. The molecule has 0 aliphatic heterocycles. The monoisotopic (exact) mass is 258 g/mol. The van der Waals surface area contributed by atoms with Gasteiger partial charge in [0, 0.05) is 16.5 Å². The molecule has 1 aliphatic rings. The average Bonchev–Trinajstić information content (AvgIpc) is 2.51. The van der Waals surface area contributed by atoms with E-state index in [1.165, 1.54) is 0 Å². The van der Waals surface area contributed by atoms with E-state index in [2.05, 4.69) is 9.97 Å². The maximum absolute atomic E-state index is 11.9. The molecule has 1 aromatic heterocycles. The third-order valence-corrected chi connectivity index (χ3v) is 3.44. The highest BCUT2D eigenvalue weighted by Gasteiger charge is 2.17. The molecule has 0 fully saturated rings. The molecule has 0 spiro atoms. The van der Waals surface area contributed by atoms with Crippen LogP contribution in [-0.4, -0.2) is 15.8 Å². The van der Waals surface area contributed by atoms with Crippen LogP contribution in [0.15, 0.2) is 54.6 Å². The number of carbonyl (C=O) groups is 1. The van der Waals surface area contributed by atoms with E-state index < -0.39 is 0 Å². The Bertz CT molecular complexity index is 867. The van der Waals surface area contributed by atoms with Gasteiger partial charge in [0.1, 0.15) is 0 Å². The molecule has 1 aliphatic carbocycles. The zero-order chi connectivity index (χ0) is 13.5. The van der Waals surface area contributed by atoms with Crippen molar-refractivity contribution in [1.82, 2.24) is 9.97 Å². The van der Waals surface area contributed by atoms with E-state index in [0.717, 1.165) is 22.2 Å². The Labute approximate surface area is 115 Å². The molecule has 94 valence electrons. The molecule has 3 nitrogen and oxygen atoms in total. The molecule has 0 saturated carbocycles. The maximum atomic E-state index is 11.9. The van der Waals surface area contributed by atoms with Gasteiger partial charge >= 0.3 is 0 Å². The Morgan fingerprint density at radius 2 is 1.65 bits per heavy atom. The Balaban J connectivity index is 2.06. The number of allylic oxidation sites excluding steroid dienone is 1. The highest BCUT2D eigenvalue weighted by molar-refractivity contribution is 6.19. The SMILES string of the molecule is O=C1C=Cc2nc(-c3ccccc3)nc3cccc1c23. The summed E-state index contributed by atoms with van der Waals surface area (Å²) in [6.45, 7) is 0. The fourth-order valence-electron chi connectivity index (χ4n) is 2.50. The number of carbonyl (C=O) groups excluding carboxylic acids is 1. The summed E-state index contributed by atoms with van der Waals surface area (Å²) in [4.78, 5) is 21.1. The Morgan fingerprint density at radius 1 is 0.800 bits per heavy atom. The highest BCUT2D eigenvalue weighted by atomic mass is 16.1. The fraction of sp³-hybridized carbons (Fsp3) is 0. The van der Waals surface area contributed by atoms with Crippen LogP contribution in [0.3, 0.4) is 0 Å². The molecule has 0 saturated heterocycles. The molecule has 0 unspecified atom stereocenters. The number of benzene rings is 2. The van der Waals surface area contributed by atoms with E-state index in [1.807, 2.05) is 48.5 Å². The average molecular weight is 258 g/mol. The minimum Gasteiger partial charge on any atom is -0.289 e. The molecule has 3 aromatic rings. The first kappa shape index (κ1) is 11.1. The van der Waals surface area contributed by atoms with Crippen molar-refractivity contribution in [2.75, 3.05) is 0 Å². The van der Waals surface area contributed by atoms with Gasteiger partial charge in [0.05, 0.1) is 11.2 Å². The standard InChI is InChI=1S/C17H10N2O/c20-15-10-9-14-16-12(15)7-4-8-13(16)18-17(19-14)11-5-2-1-3-6-11/h1-10H. The molecular formula is C17H10N2O. The van der Waals surface area contributed by atoms with E-state index in [-0.39, 0.29) is 5.78 Å². The van der Waals surface area contributed by atoms with E-state index in [0.29, 0.717) is 11.4 Å². The predicted molar refractivity (Wildman–Crippen MR) is 78.3 cm³/mol. The lowest BCUT2D eigenvalue weighted by Crippen LogP contribution is -2.05. The lowest BCUT2D eigenvalue weighted by molar-refractivity contribution is 0.104. The van der Waals surface area contributed by atoms with Crippen LogP contribution >= 0.6 is 0 Å². The van der Waals surface area contributed by atoms with Crippen LogP contribution in [0.1, 0.15) is 16.1 Å². The minimum atomic E-state index is 0.0131. The number of hydrogen-bond acceptors (Lipinski definition) is 3. The van der Waals surface area contributed by atoms with Crippen molar-refractivity contribution in [3.8, 4) is 11.4 Å². The molecule has 4 rings (SSSR count). The normalized spacial score (nSPS) is 12.9. The number of ketones is 1. The van der Waals surface area contributed by atoms with E-state index in [1.54, 1.807) is 12.2 Å². The summed E-state index contributed by atoms with van der Waals surface area (Å²) in [5.41, 5.74) is 3.27. The van der Waals surface area contributed by atoms with Crippen LogP contribution in [0.25, 0.3) is 28.4 Å². The summed E-state index contributed by atoms with van der Waals surface area (Å²) in [6, 6.07) is 15.5. The first-order valence-corrected chi connectivity index (χ1v) is 6.41. The molecule has 0 radical (unpaired) electrons. The molecule has 2 aromatic carbocycles. The number of rotatable bonds is 1.